The zero-order valence-corrected chi connectivity index (χ0v) is 13.5. The van der Waals surface area contributed by atoms with Crippen LogP contribution in [0.3, 0.4) is 0 Å². The number of esters is 2. The fourth-order valence-electron chi connectivity index (χ4n) is 2.67. The first-order chi connectivity index (χ1) is 11.3. The SMILES string of the molecule is C=CC(=O)OCC(CC)OC(=O)C1CCC(C(=O)O)CC1C(=O)O. The summed E-state index contributed by atoms with van der Waals surface area (Å²) in [6, 6.07) is 0. The number of carboxylic acid groups (broad SMARTS) is 2. The minimum atomic E-state index is -1.21. The quantitative estimate of drug-likeness (QED) is 0.498. The summed E-state index contributed by atoms with van der Waals surface area (Å²) < 4.78 is 10.1. The second-order valence-corrected chi connectivity index (χ2v) is 5.70. The smallest absolute Gasteiger partial charge is 0.330 e. The van der Waals surface area contributed by atoms with Gasteiger partial charge < -0.3 is 19.7 Å². The number of ether oxygens (including phenoxy) is 2. The van der Waals surface area contributed by atoms with Crippen molar-refractivity contribution in [1.82, 2.24) is 0 Å². The van der Waals surface area contributed by atoms with Gasteiger partial charge in [0.05, 0.1) is 17.8 Å². The highest BCUT2D eigenvalue weighted by atomic mass is 16.6. The third-order valence-electron chi connectivity index (χ3n) is 4.14. The first-order valence-electron chi connectivity index (χ1n) is 7.75. The number of rotatable bonds is 8. The van der Waals surface area contributed by atoms with Crippen LogP contribution >= 0.6 is 0 Å². The Bertz CT molecular complexity index is 512. The molecule has 4 atom stereocenters. The lowest BCUT2D eigenvalue weighted by atomic mass is 9.74. The summed E-state index contributed by atoms with van der Waals surface area (Å²) >= 11 is 0. The second-order valence-electron chi connectivity index (χ2n) is 5.70. The third kappa shape index (κ3) is 5.36. The van der Waals surface area contributed by atoms with Crippen LogP contribution in [0.4, 0.5) is 0 Å². The number of carbonyl (C=O) groups is 4. The highest BCUT2D eigenvalue weighted by Gasteiger charge is 2.42. The Morgan fingerprint density at radius 1 is 1.17 bits per heavy atom. The highest BCUT2D eigenvalue weighted by Crippen LogP contribution is 2.35. The molecule has 1 aliphatic rings. The maximum absolute atomic E-state index is 12.3. The van der Waals surface area contributed by atoms with Gasteiger partial charge in [0.2, 0.25) is 0 Å². The molecule has 0 heterocycles. The van der Waals surface area contributed by atoms with E-state index in [-0.39, 0.29) is 25.9 Å². The number of hydrogen-bond donors (Lipinski definition) is 2. The summed E-state index contributed by atoms with van der Waals surface area (Å²) in [5.74, 6) is -6.39. The Morgan fingerprint density at radius 2 is 1.83 bits per heavy atom. The van der Waals surface area contributed by atoms with E-state index in [1.54, 1.807) is 6.92 Å². The number of aliphatic carboxylic acids is 2. The van der Waals surface area contributed by atoms with Crippen molar-refractivity contribution < 1.29 is 38.9 Å². The molecule has 4 unspecified atom stereocenters. The lowest BCUT2D eigenvalue weighted by molar-refractivity contribution is -0.169. The molecule has 24 heavy (non-hydrogen) atoms. The Labute approximate surface area is 139 Å². The van der Waals surface area contributed by atoms with Gasteiger partial charge in [-0.1, -0.05) is 13.5 Å². The fourth-order valence-corrected chi connectivity index (χ4v) is 2.67. The molecule has 1 saturated carbocycles. The second kappa shape index (κ2) is 9.05. The molecule has 0 aromatic heterocycles. The molecule has 0 amide bonds. The van der Waals surface area contributed by atoms with Crippen LogP contribution < -0.4 is 0 Å². The van der Waals surface area contributed by atoms with Crippen LogP contribution in [0.25, 0.3) is 0 Å². The predicted octanol–water partition coefficient (Wildman–Crippen LogP) is 1.24. The van der Waals surface area contributed by atoms with Gasteiger partial charge in [-0.15, -0.1) is 0 Å². The van der Waals surface area contributed by atoms with Gasteiger partial charge in [0, 0.05) is 6.08 Å². The maximum atomic E-state index is 12.3. The summed E-state index contributed by atoms with van der Waals surface area (Å²) in [4.78, 5) is 45.7. The van der Waals surface area contributed by atoms with Gasteiger partial charge >= 0.3 is 23.9 Å². The van der Waals surface area contributed by atoms with Crippen molar-refractivity contribution in [3.63, 3.8) is 0 Å². The van der Waals surface area contributed by atoms with Crippen LogP contribution in [-0.2, 0) is 28.7 Å². The van der Waals surface area contributed by atoms with E-state index < -0.39 is 47.7 Å². The van der Waals surface area contributed by atoms with E-state index in [4.69, 9.17) is 14.6 Å². The van der Waals surface area contributed by atoms with E-state index in [0.29, 0.717) is 6.42 Å². The number of carbonyl (C=O) groups excluding carboxylic acids is 2. The average Bonchev–Trinajstić information content (AvgIpc) is 2.57. The van der Waals surface area contributed by atoms with Gasteiger partial charge in [0.1, 0.15) is 12.7 Å². The van der Waals surface area contributed by atoms with E-state index in [1.807, 2.05) is 0 Å². The zero-order valence-electron chi connectivity index (χ0n) is 13.5. The molecule has 8 heteroatoms. The zero-order chi connectivity index (χ0) is 18.3. The normalized spacial score (nSPS) is 24.5. The van der Waals surface area contributed by atoms with Crippen LogP contribution in [0.15, 0.2) is 12.7 Å². The van der Waals surface area contributed by atoms with Crippen molar-refractivity contribution in [1.29, 1.82) is 0 Å². The molecule has 1 aliphatic carbocycles. The van der Waals surface area contributed by atoms with Gasteiger partial charge in [0.15, 0.2) is 0 Å². The topological polar surface area (TPSA) is 127 Å². The molecular weight excluding hydrogens is 320 g/mol. The molecule has 0 aliphatic heterocycles. The van der Waals surface area contributed by atoms with Gasteiger partial charge in [-0.2, -0.15) is 0 Å². The summed E-state index contributed by atoms with van der Waals surface area (Å²) in [5.41, 5.74) is 0. The number of hydrogen-bond acceptors (Lipinski definition) is 6. The molecule has 0 aromatic carbocycles. The Morgan fingerprint density at radius 3 is 2.33 bits per heavy atom. The molecule has 2 N–H and O–H groups in total. The first kappa shape index (κ1) is 19.7. The standard InChI is InChI=1S/C16H22O8/c1-3-10(8-23-13(17)4-2)24-16(22)11-6-5-9(14(18)19)7-12(11)15(20)21/h4,9-12H,2-3,5-8H2,1H3,(H,18,19)(H,20,21). The van der Waals surface area contributed by atoms with Crippen LogP contribution in [0.5, 0.6) is 0 Å². The predicted molar refractivity (Wildman–Crippen MR) is 80.9 cm³/mol. The molecule has 0 radical (unpaired) electrons. The van der Waals surface area contributed by atoms with Crippen molar-refractivity contribution >= 4 is 23.9 Å². The summed E-state index contributed by atoms with van der Waals surface area (Å²) in [5, 5.41) is 18.3. The van der Waals surface area contributed by atoms with Gasteiger partial charge in [0.25, 0.3) is 0 Å². The Hall–Kier alpha value is -2.38. The van der Waals surface area contributed by atoms with Crippen molar-refractivity contribution in [2.75, 3.05) is 6.61 Å². The minimum Gasteiger partial charge on any atom is -0.481 e. The van der Waals surface area contributed by atoms with Crippen LogP contribution in [-0.4, -0.2) is 46.8 Å². The Balaban J connectivity index is 2.69. The molecule has 0 saturated heterocycles. The molecule has 1 fully saturated rings. The van der Waals surface area contributed by atoms with Crippen molar-refractivity contribution in [3.8, 4) is 0 Å². The maximum Gasteiger partial charge on any atom is 0.330 e. The monoisotopic (exact) mass is 342 g/mol. The van der Waals surface area contributed by atoms with Gasteiger partial charge in [-0.25, -0.2) is 4.79 Å². The van der Waals surface area contributed by atoms with Crippen LogP contribution in [0.2, 0.25) is 0 Å². The minimum absolute atomic E-state index is 0.104. The lowest BCUT2D eigenvalue weighted by Gasteiger charge is -2.31. The van der Waals surface area contributed by atoms with E-state index >= 15 is 0 Å². The summed E-state index contributed by atoms with van der Waals surface area (Å²) in [6.07, 6.45) is 0.942. The van der Waals surface area contributed by atoms with Crippen molar-refractivity contribution in [2.24, 2.45) is 17.8 Å². The molecule has 1 rings (SSSR count). The van der Waals surface area contributed by atoms with E-state index in [1.165, 1.54) is 0 Å². The molecule has 0 aromatic rings. The highest BCUT2D eigenvalue weighted by molar-refractivity contribution is 5.83. The van der Waals surface area contributed by atoms with Crippen LogP contribution in [0.1, 0.15) is 32.6 Å². The molecule has 0 bridgehead atoms. The fraction of sp³-hybridized carbons (Fsp3) is 0.625. The molecular formula is C16H22O8. The van der Waals surface area contributed by atoms with Gasteiger partial charge in [-0.3, -0.25) is 14.4 Å². The first-order valence-corrected chi connectivity index (χ1v) is 7.75. The molecule has 8 nitrogen and oxygen atoms in total. The molecule has 134 valence electrons. The third-order valence-corrected chi connectivity index (χ3v) is 4.14. The van der Waals surface area contributed by atoms with Crippen LogP contribution in [0, 0.1) is 17.8 Å². The van der Waals surface area contributed by atoms with E-state index in [9.17, 15) is 24.3 Å². The average molecular weight is 342 g/mol. The van der Waals surface area contributed by atoms with E-state index in [2.05, 4.69) is 6.58 Å². The van der Waals surface area contributed by atoms with Gasteiger partial charge in [-0.05, 0) is 25.7 Å². The number of carboxylic acids is 2. The Kier molecular flexibility index (Phi) is 7.41. The molecule has 0 spiro atoms. The van der Waals surface area contributed by atoms with Crippen molar-refractivity contribution in [2.45, 2.75) is 38.7 Å². The summed E-state index contributed by atoms with van der Waals surface area (Å²) in [7, 11) is 0. The lowest BCUT2D eigenvalue weighted by Crippen LogP contribution is -2.40. The summed E-state index contributed by atoms with van der Waals surface area (Å²) in [6.45, 7) is 4.84. The van der Waals surface area contributed by atoms with Crippen molar-refractivity contribution in [3.05, 3.63) is 12.7 Å². The largest absolute Gasteiger partial charge is 0.481 e. The van der Waals surface area contributed by atoms with E-state index in [0.717, 1.165) is 6.08 Å².